The first kappa shape index (κ1) is 24.9. The predicted octanol–water partition coefficient (Wildman–Crippen LogP) is 5.70. The quantitative estimate of drug-likeness (QED) is 0.303. The average molecular weight is 516 g/mol. The second-order valence-electron chi connectivity index (χ2n) is 10.1. The number of nitrogens with zero attached hydrogens (tertiary/aromatic N) is 4. The number of carbonyl (C=O) groups is 1. The molecule has 0 atom stereocenters. The molecule has 1 fully saturated rings. The molecule has 2 amide bonds. The molecule has 1 saturated heterocycles. The molecule has 1 aromatic heterocycles. The molecule has 39 heavy (non-hydrogen) atoms. The maximum absolute atomic E-state index is 13.4. The van der Waals surface area contributed by atoms with Gasteiger partial charge in [-0.1, -0.05) is 103 Å². The maximum atomic E-state index is 13.4. The minimum Gasteiger partial charge on any atom is -0.327 e. The van der Waals surface area contributed by atoms with E-state index in [1.807, 2.05) is 53.4 Å². The van der Waals surface area contributed by atoms with Crippen LogP contribution >= 0.6 is 0 Å². The lowest BCUT2D eigenvalue weighted by Gasteiger charge is -2.35. The Bertz CT molecular complexity index is 1470. The number of aromatic nitrogens is 2. The lowest BCUT2D eigenvalue weighted by Crippen LogP contribution is -2.52. The zero-order valence-corrected chi connectivity index (χ0v) is 22.0. The maximum Gasteiger partial charge on any atom is 0.318 e. The van der Waals surface area contributed by atoms with Crippen LogP contribution in [0.3, 0.4) is 0 Å². The van der Waals surface area contributed by atoms with Crippen molar-refractivity contribution in [2.24, 2.45) is 0 Å². The molecule has 6 nitrogen and oxygen atoms in total. The third kappa shape index (κ3) is 5.71. The van der Waals surface area contributed by atoms with Crippen molar-refractivity contribution in [1.29, 1.82) is 0 Å². The van der Waals surface area contributed by atoms with Crippen LogP contribution < -0.4 is 5.32 Å². The first-order chi connectivity index (χ1) is 19.2. The van der Waals surface area contributed by atoms with E-state index in [1.54, 1.807) is 0 Å². The fraction of sp³-hybridized carbons (Fsp3) is 0.212. The summed E-state index contributed by atoms with van der Waals surface area (Å²) < 4.78 is 2.33. The molecule has 0 saturated carbocycles. The highest BCUT2D eigenvalue weighted by Crippen LogP contribution is 2.23. The van der Waals surface area contributed by atoms with Gasteiger partial charge in [0, 0.05) is 32.7 Å². The molecule has 0 bridgehead atoms. The Morgan fingerprint density at radius 2 is 1.26 bits per heavy atom. The first-order valence-electron chi connectivity index (χ1n) is 13.6. The van der Waals surface area contributed by atoms with Gasteiger partial charge in [0.15, 0.2) is 0 Å². The van der Waals surface area contributed by atoms with Gasteiger partial charge < -0.3 is 14.8 Å². The summed E-state index contributed by atoms with van der Waals surface area (Å²) in [5, 5.41) is 3.29. The standard InChI is InChI=1S/C33H33N5O/c39-33(35-32(27-14-6-2-7-15-27)28-16-8-3-9-17-28)37-22-20-36(21-23-37)25-31-34-29-18-10-11-19-30(29)38(31)24-26-12-4-1-5-13-26/h1-19,32H,20-25H2,(H,35,39). The fourth-order valence-electron chi connectivity index (χ4n) is 5.36. The van der Waals surface area contributed by atoms with Gasteiger partial charge in [0.1, 0.15) is 5.82 Å². The van der Waals surface area contributed by atoms with Crippen LogP contribution in [0.4, 0.5) is 4.79 Å². The van der Waals surface area contributed by atoms with E-state index in [-0.39, 0.29) is 12.1 Å². The highest BCUT2D eigenvalue weighted by molar-refractivity contribution is 5.76. The summed E-state index contributed by atoms with van der Waals surface area (Å²) >= 11 is 0. The van der Waals surface area contributed by atoms with Crippen molar-refractivity contribution in [3.8, 4) is 0 Å². The molecule has 2 heterocycles. The van der Waals surface area contributed by atoms with Crippen molar-refractivity contribution >= 4 is 17.1 Å². The Labute approximate surface area is 229 Å². The summed E-state index contributed by atoms with van der Waals surface area (Å²) in [4.78, 5) is 22.7. The molecule has 0 aliphatic carbocycles. The predicted molar refractivity (Wildman–Crippen MR) is 155 cm³/mol. The van der Waals surface area contributed by atoms with E-state index in [0.29, 0.717) is 13.1 Å². The molecule has 0 radical (unpaired) electrons. The first-order valence-corrected chi connectivity index (χ1v) is 13.6. The van der Waals surface area contributed by atoms with Gasteiger partial charge in [-0.2, -0.15) is 0 Å². The second-order valence-corrected chi connectivity index (χ2v) is 10.1. The number of urea groups is 1. The molecule has 196 valence electrons. The Morgan fingerprint density at radius 1 is 0.692 bits per heavy atom. The van der Waals surface area contributed by atoms with Gasteiger partial charge >= 0.3 is 6.03 Å². The number of hydrogen-bond acceptors (Lipinski definition) is 3. The van der Waals surface area contributed by atoms with E-state index in [9.17, 15) is 4.79 Å². The second kappa shape index (κ2) is 11.5. The molecule has 1 N–H and O–H groups in total. The highest BCUT2D eigenvalue weighted by atomic mass is 16.2. The number of imidazole rings is 1. The van der Waals surface area contributed by atoms with Crippen LogP contribution in [0, 0.1) is 0 Å². The topological polar surface area (TPSA) is 53.4 Å². The van der Waals surface area contributed by atoms with Crippen LogP contribution in [0.2, 0.25) is 0 Å². The fourth-order valence-corrected chi connectivity index (χ4v) is 5.36. The van der Waals surface area contributed by atoms with Crippen LogP contribution in [0.1, 0.15) is 28.6 Å². The van der Waals surface area contributed by atoms with Gasteiger partial charge in [0.05, 0.1) is 23.6 Å². The smallest absolute Gasteiger partial charge is 0.318 e. The summed E-state index contributed by atoms with van der Waals surface area (Å²) in [6.45, 7) is 4.53. The number of benzene rings is 4. The summed E-state index contributed by atoms with van der Waals surface area (Å²) in [7, 11) is 0. The van der Waals surface area contributed by atoms with E-state index >= 15 is 0 Å². The molecule has 5 aromatic rings. The van der Waals surface area contributed by atoms with Crippen LogP contribution in [0.15, 0.2) is 115 Å². The summed E-state index contributed by atoms with van der Waals surface area (Å²) in [6.07, 6.45) is 0. The molecule has 6 rings (SSSR count). The Hall–Kier alpha value is -4.42. The molecular weight excluding hydrogens is 482 g/mol. The van der Waals surface area contributed by atoms with Crippen molar-refractivity contribution in [2.45, 2.75) is 19.1 Å². The Kier molecular flexibility index (Phi) is 7.36. The molecule has 4 aromatic carbocycles. The zero-order valence-electron chi connectivity index (χ0n) is 22.0. The number of carbonyl (C=O) groups excluding carboxylic acids is 1. The number of fused-ring (bicyclic) bond motifs is 1. The van der Waals surface area contributed by atoms with E-state index < -0.39 is 0 Å². The minimum atomic E-state index is -0.184. The van der Waals surface area contributed by atoms with Crippen molar-refractivity contribution in [3.05, 3.63) is 138 Å². The van der Waals surface area contributed by atoms with Gasteiger partial charge in [-0.25, -0.2) is 9.78 Å². The monoisotopic (exact) mass is 515 g/mol. The SMILES string of the molecule is O=C(NC(c1ccccc1)c1ccccc1)N1CCN(Cc2nc3ccccc3n2Cc2ccccc2)CC1. The minimum absolute atomic E-state index is 0.0244. The number of hydrogen-bond donors (Lipinski definition) is 1. The molecule has 1 aliphatic heterocycles. The summed E-state index contributed by atoms with van der Waals surface area (Å²) in [5.41, 5.74) is 5.59. The lowest BCUT2D eigenvalue weighted by atomic mass is 9.99. The van der Waals surface area contributed by atoms with E-state index in [1.165, 1.54) is 5.56 Å². The molecule has 0 spiro atoms. The average Bonchev–Trinajstić information content (AvgIpc) is 3.34. The number of amides is 2. The van der Waals surface area contributed by atoms with Gasteiger partial charge in [-0.05, 0) is 28.8 Å². The van der Waals surface area contributed by atoms with Crippen molar-refractivity contribution in [1.82, 2.24) is 24.7 Å². The van der Waals surface area contributed by atoms with Crippen molar-refractivity contribution in [2.75, 3.05) is 26.2 Å². The van der Waals surface area contributed by atoms with Crippen LogP contribution in [0.25, 0.3) is 11.0 Å². The van der Waals surface area contributed by atoms with Crippen molar-refractivity contribution in [3.63, 3.8) is 0 Å². The van der Waals surface area contributed by atoms with Gasteiger partial charge in [0.25, 0.3) is 0 Å². The summed E-state index contributed by atoms with van der Waals surface area (Å²) in [6, 6.07) is 39.0. The van der Waals surface area contributed by atoms with Crippen molar-refractivity contribution < 1.29 is 4.79 Å². The van der Waals surface area contributed by atoms with Gasteiger partial charge in [-0.15, -0.1) is 0 Å². The number of para-hydroxylation sites is 2. The van der Waals surface area contributed by atoms with Crippen LogP contribution in [-0.4, -0.2) is 51.6 Å². The Morgan fingerprint density at radius 3 is 1.90 bits per heavy atom. The number of piperazine rings is 1. The largest absolute Gasteiger partial charge is 0.327 e. The normalized spacial score (nSPS) is 14.1. The third-order valence-electron chi connectivity index (χ3n) is 7.48. The van der Waals surface area contributed by atoms with E-state index in [4.69, 9.17) is 4.98 Å². The molecule has 6 heteroatoms. The third-order valence-corrected chi connectivity index (χ3v) is 7.48. The van der Waals surface area contributed by atoms with Crippen LogP contribution in [-0.2, 0) is 13.1 Å². The molecule has 0 unspecified atom stereocenters. The van der Waals surface area contributed by atoms with Crippen LogP contribution in [0.5, 0.6) is 0 Å². The lowest BCUT2D eigenvalue weighted by molar-refractivity contribution is 0.131. The molecular formula is C33H33N5O. The number of nitrogens with one attached hydrogen (secondary N) is 1. The van der Waals surface area contributed by atoms with Gasteiger partial charge in [-0.3, -0.25) is 4.90 Å². The number of rotatable bonds is 7. The highest BCUT2D eigenvalue weighted by Gasteiger charge is 2.25. The zero-order chi connectivity index (χ0) is 26.4. The van der Waals surface area contributed by atoms with Gasteiger partial charge in [0.2, 0.25) is 0 Å². The van der Waals surface area contributed by atoms with E-state index in [0.717, 1.165) is 54.2 Å². The Balaban J connectivity index is 1.13. The molecule has 1 aliphatic rings. The van der Waals surface area contributed by atoms with E-state index in [2.05, 4.69) is 81.5 Å². The summed E-state index contributed by atoms with van der Waals surface area (Å²) in [5.74, 6) is 1.06.